The molecule has 2 aromatic rings. The van der Waals surface area contributed by atoms with Gasteiger partial charge in [-0.3, -0.25) is 9.78 Å². The van der Waals surface area contributed by atoms with E-state index in [1.807, 2.05) is 43.3 Å². The summed E-state index contributed by atoms with van der Waals surface area (Å²) < 4.78 is 10.5. The highest BCUT2D eigenvalue weighted by Crippen LogP contribution is 2.11. The molecule has 0 aliphatic rings. The number of aromatic nitrogens is 1. The predicted octanol–water partition coefficient (Wildman–Crippen LogP) is 2.14. The Morgan fingerprint density at radius 2 is 1.88 bits per heavy atom. The van der Waals surface area contributed by atoms with Gasteiger partial charge < -0.3 is 14.8 Å². The lowest BCUT2D eigenvalue weighted by molar-refractivity contribution is -0.120. The average Bonchev–Trinajstić information content (AvgIpc) is 2.60. The maximum atomic E-state index is 11.8. The maximum absolute atomic E-state index is 11.8. The first-order valence-corrected chi connectivity index (χ1v) is 7.58. The molecule has 1 N–H and O–H groups in total. The molecule has 0 saturated carbocycles. The second kappa shape index (κ2) is 9.21. The third kappa shape index (κ3) is 6.01. The van der Waals surface area contributed by atoms with Gasteiger partial charge in [0, 0.05) is 5.69 Å². The van der Waals surface area contributed by atoms with Gasteiger partial charge >= 0.3 is 0 Å². The third-order valence-corrected chi connectivity index (χ3v) is 3.22. The maximum Gasteiger partial charge on any atom is 0.225 e. The number of ether oxygens (including phenoxy) is 2. The lowest BCUT2D eigenvalue weighted by Crippen LogP contribution is -2.25. The van der Waals surface area contributed by atoms with Crippen molar-refractivity contribution in [3.8, 4) is 23.3 Å². The monoisotopic (exact) mass is 324 g/mol. The van der Waals surface area contributed by atoms with Crippen molar-refractivity contribution in [2.75, 3.05) is 20.3 Å². The zero-order valence-electron chi connectivity index (χ0n) is 13.8. The van der Waals surface area contributed by atoms with Crippen LogP contribution in [-0.4, -0.2) is 31.2 Å². The highest BCUT2D eigenvalue weighted by Gasteiger charge is 2.02. The smallest absolute Gasteiger partial charge is 0.225 e. The molecule has 1 amide bonds. The van der Waals surface area contributed by atoms with Gasteiger partial charge in [0.25, 0.3) is 0 Å². The molecule has 24 heavy (non-hydrogen) atoms. The van der Waals surface area contributed by atoms with E-state index < -0.39 is 0 Å². The summed E-state index contributed by atoms with van der Waals surface area (Å²) in [5.74, 6) is 7.09. The molecule has 5 heteroatoms. The molecule has 1 aromatic carbocycles. The Morgan fingerprint density at radius 1 is 1.12 bits per heavy atom. The normalized spacial score (nSPS) is 9.58. The molecule has 0 atom stereocenters. The number of hydrogen-bond acceptors (Lipinski definition) is 4. The Bertz CT molecular complexity index is 713. The Labute approximate surface area is 142 Å². The Balaban J connectivity index is 1.66. The molecular formula is C19H20N2O3. The summed E-state index contributed by atoms with van der Waals surface area (Å²) in [6.45, 7) is 2.47. The lowest BCUT2D eigenvalue weighted by Gasteiger charge is -2.03. The zero-order valence-corrected chi connectivity index (χ0v) is 13.8. The summed E-state index contributed by atoms with van der Waals surface area (Å²) in [6, 6.07) is 11.1. The SMILES string of the molecule is COc1ccc(CC(=O)NCC#CCOc2ccc(C)nc2)cc1. The van der Waals surface area contributed by atoms with Crippen LogP contribution in [0.1, 0.15) is 11.3 Å². The molecule has 0 saturated heterocycles. The first-order chi connectivity index (χ1) is 11.7. The molecule has 1 aromatic heterocycles. The quantitative estimate of drug-likeness (QED) is 0.827. The Kier molecular flexibility index (Phi) is 6.66. The van der Waals surface area contributed by atoms with Gasteiger partial charge in [0.2, 0.25) is 5.91 Å². The van der Waals surface area contributed by atoms with E-state index in [4.69, 9.17) is 9.47 Å². The van der Waals surface area contributed by atoms with E-state index in [9.17, 15) is 4.79 Å². The number of amides is 1. The van der Waals surface area contributed by atoms with Crippen LogP contribution in [0.15, 0.2) is 42.6 Å². The minimum atomic E-state index is -0.0712. The number of hydrogen-bond donors (Lipinski definition) is 1. The molecular weight excluding hydrogens is 304 g/mol. The molecule has 0 aliphatic heterocycles. The minimum Gasteiger partial charge on any atom is -0.497 e. The summed E-state index contributed by atoms with van der Waals surface area (Å²) in [4.78, 5) is 15.9. The first-order valence-electron chi connectivity index (χ1n) is 7.58. The fourth-order valence-corrected chi connectivity index (χ4v) is 1.91. The highest BCUT2D eigenvalue weighted by molar-refractivity contribution is 5.78. The minimum absolute atomic E-state index is 0.0712. The Morgan fingerprint density at radius 3 is 2.54 bits per heavy atom. The average molecular weight is 324 g/mol. The third-order valence-electron chi connectivity index (χ3n) is 3.22. The summed E-state index contributed by atoms with van der Waals surface area (Å²) >= 11 is 0. The van der Waals surface area contributed by atoms with Crippen LogP contribution < -0.4 is 14.8 Å². The van der Waals surface area contributed by atoms with Gasteiger partial charge in [-0.25, -0.2) is 0 Å². The summed E-state index contributed by atoms with van der Waals surface area (Å²) in [5.41, 5.74) is 1.87. The largest absolute Gasteiger partial charge is 0.497 e. The van der Waals surface area contributed by atoms with Crippen LogP contribution in [-0.2, 0) is 11.2 Å². The van der Waals surface area contributed by atoms with E-state index in [1.54, 1.807) is 13.3 Å². The number of carbonyl (C=O) groups excluding carboxylic acids is 1. The zero-order chi connectivity index (χ0) is 17.2. The van der Waals surface area contributed by atoms with E-state index in [1.165, 1.54) is 0 Å². The highest BCUT2D eigenvalue weighted by atomic mass is 16.5. The summed E-state index contributed by atoms with van der Waals surface area (Å²) in [7, 11) is 1.61. The number of benzene rings is 1. The summed E-state index contributed by atoms with van der Waals surface area (Å²) in [5, 5.41) is 2.75. The van der Waals surface area contributed by atoms with Gasteiger partial charge in [0.1, 0.15) is 18.1 Å². The van der Waals surface area contributed by atoms with Crippen LogP contribution in [0.25, 0.3) is 0 Å². The molecule has 0 spiro atoms. The van der Waals surface area contributed by atoms with Crippen molar-refractivity contribution in [1.29, 1.82) is 0 Å². The van der Waals surface area contributed by atoms with Crippen LogP contribution in [0.3, 0.4) is 0 Å². The fourth-order valence-electron chi connectivity index (χ4n) is 1.91. The molecule has 0 aliphatic carbocycles. The molecule has 0 radical (unpaired) electrons. The van der Waals surface area contributed by atoms with Crippen molar-refractivity contribution < 1.29 is 14.3 Å². The first kappa shape index (κ1) is 17.4. The van der Waals surface area contributed by atoms with Crippen molar-refractivity contribution in [2.45, 2.75) is 13.3 Å². The van der Waals surface area contributed by atoms with Gasteiger partial charge in [0.15, 0.2) is 0 Å². The van der Waals surface area contributed by atoms with Crippen molar-refractivity contribution in [2.24, 2.45) is 0 Å². The number of pyridine rings is 1. The molecule has 1 heterocycles. The number of nitrogens with zero attached hydrogens (tertiary/aromatic N) is 1. The summed E-state index contributed by atoms with van der Waals surface area (Å²) in [6.07, 6.45) is 1.98. The molecule has 124 valence electrons. The van der Waals surface area contributed by atoms with E-state index in [0.717, 1.165) is 17.0 Å². The topological polar surface area (TPSA) is 60.5 Å². The van der Waals surface area contributed by atoms with Gasteiger partial charge in [-0.15, -0.1) is 0 Å². The lowest BCUT2D eigenvalue weighted by atomic mass is 10.1. The molecule has 0 bridgehead atoms. The second-order valence-corrected chi connectivity index (χ2v) is 5.08. The van der Waals surface area contributed by atoms with Gasteiger partial charge in [-0.1, -0.05) is 24.0 Å². The number of carbonyl (C=O) groups is 1. The molecule has 5 nitrogen and oxygen atoms in total. The van der Waals surface area contributed by atoms with Crippen LogP contribution in [0.5, 0.6) is 11.5 Å². The van der Waals surface area contributed by atoms with E-state index in [-0.39, 0.29) is 12.5 Å². The van der Waals surface area contributed by atoms with Gasteiger partial charge in [-0.05, 0) is 36.8 Å². The second-order valence-electron chi connectivity index (χ2n) is 5.08. The predicted molar refractivity (Wildman–Crippen MR) is 92.0 cm³/mol. The van der Waals surface area contributed by atoms with Gasteiger partial charge in [0.05, 0.1) is 26.3 Å². The number of methoxy groups -OCH3 is 1. The number of rotatable bonds is 6. The fraction of sp³-hybridized carbons (Fsp3) is 0.263. The van der Waals surface area contributed by atoms with Gasteiger partial charge in [-0.2, -0.15) is 0 Å². The molecule has 2 rings (SSSR count). The molecule has 0 unspecified atom stereocenters. The number of nitrogens with one attached hydrogen (secondary N) is 1. The van der Waals surface area contributed by atoms with Crippen molar-refractivity contribution >= 4 is 5.91 Å². The van der Waals surface area contributed by atoms with E-state index >= 15 is 0 Å². The van der Waals surface area contributed by atoms with Crippen molar-refractivity contribution in [1.82, 2.24) is 10.3 Å². The van der Waals surface area contributed by atoms with Crippen LogP contribution in [0.4, 0.5) is 0 Å². The van der Waals surface area contributed by atoms with Crippen LogP contribution >= 0.6 is 0 Å². The van der Waals surface area contributed by atoms with E-state index in [2.05, 4.69) is 22.1 Å². The van der Waals surface area contributed by atoms with E-state index in [0.29, 0.717) is 18.7 Å². The number of aryl methyl sites for hydroxylation is 1. The van der Waals surface area contributed by atoms with Crippen LogP contribution in [0.2, 0.25) is 0 Å². The standard InChI is InChI=1S/C19H20N2O3/c1-15-5-8-18(14-21-15)24-12-4-3-11-20-19(22)13-16-6-9-17(23-2)10-7-16/h5-10,14H,11-13H2,1-2H3,(H,20,22). The molecule has 0 fully saturated rings. The Hall–Kier alpha value is -3.00. The van der Waals surface area contributed by atoms with Crippen molar-refractivity contribution in [3.63, 3.8) is 0 Å². The van der Waals surface area contributed by atoms with Crippen molar-refractivity contribution in [3.05, 3.63) is 53.9 Å². The van der Waals surface area contributed by atoms with Crippen LogP contribution in [0, 0.1) is 18.8 Å².